The Hall–Kier alpha value is -1.86. The van der Waals surface area contributed by atoms with Crippen LogP contribution in [0.2, 0.25) is 0 Å². The Labute approximate surface area is 151 Å². The number of nitrogens with zero attached hydrogens (tertiary/aromatic N) is 3. The monoisotopic (exact) mass is 357 g/mol. The number of carbonyl (C=O) groups excluding carboxylic acids is 1. The van der Waals surface area contributed by atoms with E-state index in [4.69, 9.17) is 16.5 Å². The molecule has 2 heterocycles. The van der Waals surface area contributed by atoms with Gasteiger partial charge in [0, 0.05) is 24.5 Å². The van der Waals surface area contributed by atoms with Gasteiger partial charge in [-0.2, -0.15) is 0 Å². The maximum Gasteiger partial charge on any atom is 0.250 e. The van der Waals surface area contributed by atoms with Crippen LogP contribution in [0.25, 0.3) is 11.4 Å². The van der Waals surface area contributed by atoms with Crippen molar-refractivity contribution in [3.63, 3.8) is 0 Å². The number of thioether (sulfide) groups is 1. The van der Waals surface area contributed by atoms with E-state index in [0.29, 0.717) is 11.6 Å². The molecule has 6 nitrogen and oxygen atoms in total. The van der Waals surface area contributed by atoms with Gasteiger partial charge in [0.2, 0.25) is 0 Å². The molecule has 2 aromatic heterocycles. The highest BCUT2D eigenvalue weighted by Gasteiger charge is 2.31. The first kappa shape index (κ1) is 16.6. The normalized spacial score (nSPS) is 22.3. The number of carbonyl (C=O) groups is 1. The molecule has 2 aliphatic rings. The van der Waals surface area contributed by atoms with Gasteiger partial charge in [-0.05, 0) is 55.9 Å². The molecule has 0 bridgehead atoms. The fourth-order valence-corrected chi connectivity index (χ4v) is 4.44. The zero-order chi connectivity index (χ0) is 17.6. The Morgan fingerprint density at radius 1 is 1.28 bits per heavy atom. The minimum Gasteiger partial charge on any atom is -0.366 e. The molecule has 7 heteroatoms. The molecule has 1 fully saturated rings. The Morgan fingerprint density at radius 3 is 2.72 bits per heavy atom. The Morgan fingerprint density at radius 2 is 2.04 bits per heavy atom. The number of hydrogen-bond acceptors (Lipinski definition) is 5. The molecule has 0 atom stereocenters. The summed E-state index contributed by atoms with van der Waals surface area (Å²) in [5, 5.41) is 0.755. The lowest BCUT2D eigenvalue weighted by molar-refractivity contribution is 0.0999. The van der Waals surface area contributed by atoms with Crippen LogP contribution in [0.15, 0.2) is 17.6 Å². The number of rotatable bonds is 3. The van der Waals surface area contributed by atoms with E-state index >= 15 is 0 Å². The van der Waals surface area contributed by atoms with Gasteiger partial charge in [0.25, 0.3) is 5.91 Å². The molecule has 0 aliphatic heterocycles. The van der Waals surface area contributed by atoms with Gasteiger partial charge < -0.3 is 16.0 Å². The van der Waals surface area contributed by atoms with E-state index in [2.05, 4.69) is 9.55 Å². The molecule has 4 rings (SSSR count). The number of primary amides is 1. The Balaban J connectivity index is 1.87. The molecule has 0 spiro atoms. The standard InChI is InChI=1S/C18H23N5OS/c1-25-18-21-8-10-2-7-13-14(17(20)24)9-23(16(13)15(10)22-18)12-5-3-11(19)4-6-12/h8-9,11-12H,2-7,19H2,1H3,(H2,20,24). The van der Waals surface area contributed by atoms with Gasteiger partial charge in [0.05, 0.1) is 17.0 Å². The van der Waals surface area contributed by atoms with E-state index in [0.717, 1.165) is 66.2 Å². The van der Waals surface area contributed by atoms with E-state index < -0.39 is 0 Å². The third-order valence-corrected chi connectivity index (χ3v) is 5.99. The van der Waals surface area contributed by atoms with E-state index in [1.165, 1.54) is 11.8 Å². The first-order chi connectivity index (χ1) is 12.1. The first-order valence-corrected chi connectivity index (χ1v) is 10.00. The van der Waals surface area contributed by atoms with E-state index in [1.54, 1.807) is 0 Å². The van der Waals surface area contributed by atoms with Crippen molar-refractivity contribution < 1.29 is 4.79 Å². The van der Waals surface area contributed by atoms with Gasteiger partial charge in [-0.15, -0.1) is 0 Å². The summed E-state index contributed by atoms with van der Waals surface area (Å²) in [6, 6.07) is 0.635. The number of hydrogen-bond donors (Lipinski definition) is 2. The highest BCUT2D eigenvalue weighted by molar-refractivity contribution is 7.98. The predicted molar refractivity (Wildman–Crippen MR) is 98.6 cm³/mol. The van der Waals surface area contributed by atoms with Crippen LogP contribution in [0.3, 0.4) is 0 Å². The number of amides is 1. The van der Waals surface area contributed by atoms with Crippen LogP contribution in [0.5, 0.6) is 0 Å². The van der Waals surface area contributed by atoms with Crippen LogP contribution in [-0.4, -0.2) is 32.7 Å². The average molecular weight is 357 g/mol. The van der Waals surface area contributed by atoms with Crippen molar-refractivity contribution in [2.45, 2.75) is 55.8 Å². The second-order valence-corrected chi connectivity index (χ2v) is 7.71. The summed E-state index contributed by atoms with van der Waals surface area (Å²) in [4.78, 5) is 21.2. The molecule has 4 N–H and O–H groups in total. The molecule has 0 radical (unpaired) electrons. The number of fused-ring (bicyclic) bond motifs is 3. The van der Waals surface area contributed by atoms with Crippen LogP contribution in [0.1, 0.15) is 53.2 Å². The first-order valence-electron chi connectivity index (χ1n) is 8.77. The summed E-state index contributed by atoms with van der Waals surface area (Å²) in [6.45, 7) is 0. The molecular weight excluding hydrogens is 334 g/mol. The van der Waals surface area contributed by atoms with Crippen molar-refractivity contribution in [2.75, 3.05) is 6.26 Å². The average Bonchev–Trinajstić information content (AvgIpc) is 3.02. The van der Waals surface area contributed by atoms with Crippen LogP contribution >= 0.6 is 11.8 Å². The second kappa shape index (κ2) is 6.46. The van der Waals surface area contributed by atoms with Gasteiger partial charge in [0.15, 0.2) is 5.16 Å². The third-order valence-electron chi connectivity index (χ3n) is 5.43. The molecule has 2 aromatic rings. The molecule has 25 heavy (non-hydrogen) atoms. The zero-order valence-electron chi connectivity index (χ0n) is 14.4. The molecule has 0 aromatic carbocycles. The van der Waals surface area contributed by atoms with Gasteiger partial charge in [0.1, 0.15) is 0 Å². The summed E-state index contributed by atoms with van der Waals surface area (Å²) in [7, 11) is 0. The largest absolute Gasteiger partial charge is 0.366 e. The van der Waals surface area contributed by atoms with Crippen molar-refractivity contribution in [2.24, 2.45) is 11.5 Å². The molecule has 132 valence electrons. The number of aryl methyl sites for hydroxylation is 1. The van der Waals surface area contributed by atoms with Crippen LogP contribution in [0.4, 0.5) is 0 Å². The SMILES string of the molecule is CSc1ncc2c(n1)-c1c(c(C(N)=O)cn1C1CCC(N)CC1)CC2. The molecule has 2 aliphatic carbocycles. The van der Waals surface area contributed by atoms with Gasteiger partial charge >= 0.3 is 0 Å². The lowest BCUT2D eigenvalue weighted by atomic mass is 9.90. The van der Waals surface area contributed by atoms with Gasteiger partial charge in [-0.3, -0.25) is 4.79 Å². The van der Waals surface area contributed by atoms with E-state index in [9.17, 15) is 4.79 Å². The highest BCUT2D eigenvalue weighted by Crippen LogP contribution is 2.40. The summed E-state index contributed by atoms with van der Waals surface area (Å²) in [5.41, 5.74) is 16.6. The van der Waals surface area contributed by atoms with Crippen molar-refractivity contribution >= 4 is 17.7 Å². The van der Waals surface area contributed by atoms with Crippen LogP contribution in [0, 0.1) is 0 Å². The van der Waals surface area contributed by atoms with Crippen molar-refractivity contribution in [3.8, 4) is 11.4 Å². The quantitative estimate of drug-likeness (QED) is 0.648. The second-order valence-electron chi connectivity index (χ2n) is 6.94. The van der Waals surface area contributed by atoms with Crippen LogP contribution in [-0.2, 0) is 12.8 Å². The molecule has 1 amide bonds. The summed E-state index contributed by atoms with van der Waals surface area (Å²) < 4.78 is 2.25. The van der Waals surface area contributed by atoms with Crippen molar-refractivity contribution in [3.05, 3.63) is 29.1 Å². The summed E-state index contributed by atoms with van der Waals surface area (Å²) in [6.07, 6.45) is 11.6. The maximum absolute atomic E-state index is 12.0. The lowest BCUT2D eigenvalue weighted by Crippen LogP contribution is -2.28. The Kier molecular flexibility index (Phi) is 4.29. The fourth-order valence-electron chi connectivity index (χ4n) is 4.10. The van der Waals surface area contributed by atoms with E-state index in [-0.39, 0.29) is 11.9 Å². The minimum atomic E-state index is -0.356. The lowest BCUT2D eigenvalue weighted by Gasteiger charge is -2.30. The van der Waals surface area contributed by atoms with Gasteiger partial charge in [-0.1, -0.05) is 11.8 Å². The molecule has 0 saturated heterocycles. The maximum atomic E-state index is 12.0. The topological polar surface area (TPSA) is 99.8 Å². The Bertz CT molecular complexity index is 823. The summed E-state index contributed by atoms with van der Waals surface area (Å²) >= 11 is 1.53. The summed E-state index contributed by atoms with van der Waals surface area (Å²) in [5.74, 6) is -0.356. The molecular formula is C18H23N5OS. The van der Waals surface area contributed by atoms with Crippen molar-refractivity contribution in [1.82, 2.24) is 14.5 Å². The molecule has 0 unspecified atom stereocenters. The fraction of sp³-hybridized carbons (Fsp3) is 0.500. The van der Waals surface area contributed by atoms with E-state index in [1.807, 2.05) is 18.6 Å². The number of aromatic nitrogens is 3. The minimum absolute atomic E-state index is 0.288. The molecule has 1 saturated carbocycles. The third kappa shape index (κ3) is 2.85. The highest BCUT2D eigenvalue weighted by atomic mass is 32.2. The van der Waals surface area contributed by atoms with Crippen LogP contribution < -0.4 is 11.5 Å². The predicted octanol–water partition coefficient (Wildman–Crippen LogP) is 2.31. The smallest absolute Gasteiger partial charge is 0.250 e. The van der Waals surface area contributed by atoms with Gasteiger partial charge in [-0.25, -0.2) is 9.97 Å². The zero-order valence-corrected chi connectivity index (χ0v) is 15.2. The van der Waals surface area contributed by atoms with Crippen molar-refractivity contribution in [1.29, 1.82) is 0 Å². The number of nitrogens with two attached hydrogens (primary N) is 2.